The fraction of sp³-hybridized carbons (Fsp3) is 0.333. The summed E-state index contributed by atoms with van der Waals surface area (Å²) in [5, 5.41) is 10.9. The Hall–Kier alpha value is -1.74. The number of hydrogen-bond donors (Lipinski definition) is 2. The smallest absolute Gasteiger partial charge is 0.276 e. The van der Waals surface area contributed by atoms with Crippen LogP contribution in [0.1, 0.15) is 5.69 Å². The van der Waals surface area contributed by atoms with Crippen molar-refractivity contribution in [1.82, 2.24) is 4.98 Å². The molecule has 6 heteroatoms. The van der Waals surface area contributed by atoms with Gasteiger partial charge in [0.2, 0.25) is 0 Å². The lowest BCUT2D eigenvalue weighted by molar-refractivity contribution is 0.0253. The summed E-state index contributed by atoms with van der Waals surface area (Å²) in [5.74, 6) is -2.73. The summed E-state index contributed by atoms with van der Waals surface area (Å²) in [6, 6.07) is 6.38. The molecule has 0 aliphatic rings. The first kappa shape index (κ1) is 11.3. The number of anilines is 1. The van der Waals surface area contributed by atoms with Gasteiger partial charge in [-0.05, 0) is 12.1 Å². The van der Waals surface area contributed by atoms with Gasteiger partial charge in [-0.2, -0.15) is 5.26 Å². The van der Waals surface area contributed by atoms with Gasteiger partial charge in [-0.3, -0.25) is 0 Å². The summed E-state index contributed by atoms with van der Waals surface area (Å²) in [5.41, 5.74) is 5.04. The van der Waals surface area contributed by atoms with Crippen LogP contribution >= 0.6 is 0 Å². The van der Waals surface area contributed by atoms with Gasteiger partial charge in [0.15, 0.2) is 0 Å². The van der Waals surface area contributed by atoms with Gasteiger partial charge in [0, 0.05) is 0 Å². The van der Waals surface area contributed by atoms with Crippen molar-refractivity contribution in [1.29, 1.82) is 5.26 Å². The fourth-order valence-corrected chi connectivity index (χ4v) is 0.887. The van der Waals surface area contributed by atoms with E-state index in [1.807, 2.05) is 6.07 Å². The van der Waals surface area contributed by atoms with Crippen LogP contribution in [0, 0.1) is 11.3 Å². The molecule has 0 saturated carbocycles. The molecule has 1 rings (SSSR count). The number of alkyl halides is 2. The maximum atomic E-state index is 12.7. The summed E-state index contributed by atoms with van der Waals surface area (Å²) in [6.07, 6.45) is 0. The molecule has 0 saturated heterocycles. The molecule has 0 spiro atoms. The predicted octanol–water partition coefficient (Wildman–Crippen LogP) is 0.959. The largest absolute Gasteiger partial charge is 0.364 e. The van der Waals surface area contributed by atoms with Gasteiger partial charge in [-0.15, -0.1) is 0 Å². The Balaban J connectivity index is 2.62. The molecule has 0 aromatic carbocycles. The Morgan fingerprint density at radius 2 is 2.27 bits per heavy atom. The lowest BCUT2D eigenvalue weighted by atomic mass is 10.3. The van der Waals surface area contributed by atoms with Crippen molar-refractivity contribution < 1.29 is 8.78 Å². The first-order chi connectivity index (χ1) is 7.07. The van der Waals surface area contributed by atoms with E-state index in [1.165, 1.54) is 12.1 Å². The molecule has 1 aromatic heterocycles. The molecule has 0 atom stereocenters. The zero-order chi connectivity index (χ0) is 11.3. The van der Waals surface area contributed by atoms with Crippen LogP contribution in [0.2, 0.25) is 0 Å². The molecule has 15 heavy (non-hydrogen) atoms. The third-order valence-corrected chi connectivity index (χ3v) is 1.69. The van der Waals surface area contributed by atoms with Crippen molar-refractivity contribution in [3.63, 3.8) is 0 Å². The zero-order valence-corrected chi connectivity index (χ0v) is 7.87. The molecule has 0 amide bonds. The van der Waals surface area contributed by atoms with Crippen molar-refractivity contribution in [2.75, 3.05) is 18.4 Å². The van der Waals surface area contributed by atoms with E-state index < -0.39 is 19.0 Å². The van der Waals surface area contributed by atoms with Crippen LogP contribution in [-0.4, -0.2) is 24.0 Å². The van der Waals surface area contributed by atoms with Crippen LogP contribution in [0.3, 0.4) is 0 Å². The average Bonchev–Trinajstić information content (AvgIpc) is 2.27. The standard InChI is InChI=1S/C9H10F2N4/c10-9(11,5-13)6-14-8-3-1-2-7(4-12)15-8/h1-3H,5-6,13H2,(H,14,15). The molecule has 1 heterocycles. The summed E-state index contributed by atoms with van der Waals surface area (Å²) in [4.78, 5) is 3.78. The Bertz CT molecular complexity index is 373. The third kappa shape index (κ3) is 3.48. The molecule has 0 aliphatic carbocycles. The van der Waals surface area contributed by atoms with E-state index in [1.54, 1.807) is 6.07 Å². The van der Waals surface area contributed by atoms with Gasteiger partial charge in [-0.25, -0.2) is 13.8 Å². The number of nitriles is 1. The highest BCUT2D eigenvalue weighted by Crippen LogP contribution is 2.12. The van der Waals surface area contributed by atoms with Crippen LogP contribution < -0.4 is 11.1 Å². The second-order valence-electron chi connectivity index (χ2n) is 2.93. The quantitative estimate of drug-likeness (QED) is 0.779. The number of nitrogens with zero attached hydrogens (tertiary/aromatic N) is 2. The highest BCUT2D eigenvalue weighted by atomic mass is 19.3. The summed E-state index contributed by atoms with van der Waals surface area (Å²) in [6.45, 7) is -1.32. The molecule has 0 bridgehead atoms. The SMILES string of the molecule is N#Cc1cccc(NCC(F)(F)CN)n1. The lowest BCUT2D eigenvalue weighted by Crippen LogP contribution is -2.35. The molecule has 0 aliphatic heterocycles. The maximum absolute atomic E-state index is 12.7. The Kier molecular flexibility index (Phi) is 3.52. The van der Waals surface area contributed by atoms with Crippen molar-refractivity contribution in [2.24, 2.45) is 5.73 Å². The van der Waals surface area contributed by atoms with E-state index in [0.29, 0.717) is 0 Å². The first-order valence-corrected chi connectivity index (χ1v) is 4.26. The monoisotopic (exact) mass is 212 g/mol. The molecule has 0 fully saturated rings. The van der Waals surface area contributed by atoms with Crippen LogP contribution in [0.4, 0.5) is 14.6 Å². The van der Waals surface area contributed by atoms with Gasteiger partial charge in [-0.1, -0.05) is 6.07 Å². The van der Waals surface area contributed by atoms with E-state index in [2.05, 4.69) is 10.3 Å². The second kappa shape index (κ2) is 4.66. The topological polar surface area (TPSA) is 74.7 Å². The fourth-order valence-electron chi connectivity index (χ4n) is 0.887. The highest BCUT2D eigenvalue weighted by molar-refractivity contribution is 5.38. The average molecular weight is 212 g/mol. The van der Waals surface area contributed by atoms with Crippen LogP contribution in [0.25, 0.3) is 0 Å². The number of nitrogens with two attached hydrogens (primary N) is 1. The minimum Gasteiger partial charge on any atom is -0.364 e. The van der Waals surface area contributed by atoms with Crippen LogP contribution in [-0.2, 0) is 0 Å². The van der Waals surface area contributed by atoms with Gasteiger partial charge in [0.25, 0.3) is 5.92 Å². The van der Waals surface area contributed by atoms with E-state index >= 15 is 0 Å². The van der Waals surface area contributed by atoms with Crippen molar-refractivity contribution in [3.8, 4) is 6.07 Å². The maximum Gasteiger partial charge on any atom is 0.276 e. The lowest BCUT2D eigenvalue weighted by Gasteiger charge is -2.14. The summed E-state index contributed by atoms with van der Waals surface area (Å²) < 4.78 is 25.5. The number of hydrogen-bond acceptors (Lipinski definition) is 4. The molecule has 80 valence electrons. The number of aromatic nitrogens is 1. The zero-order valence-electron chi connectivity index (χ0n) is 7.87. The Morgan fingerprint density at radius 3 is 2.87 bits per heavy atom. The highest BCUT2D eigenvalue weighted by Gasteiger charge is 2.26. The van der Waals surface area contributed by atoms with Crippen molar-refractivity contribution in [3.05, 3.63) is 23.9 Å². The van der Waals surface area contributed by atoms with Gasteiger partial charge in [0.05, 0.1) is 13.1 Å². The number of pyridine rings is 1. The third-order valence-electron chi connectivity index (χ3n) is 1.69. The van der Waals surface area contributed by atoms with Gasteiger partial charge >= 0.3 is 0 Å². The molecule has 1 aromatic rings. The van der Waals surface area contributed by atoms with E-state index in [9.17, 15) is 8.78 Å². The summed E-state index contributed by atoms with van der Waals surface area (Å²) in [7, 11) is 0. The molecule has 0 radical (unpaired) electrons. The minimum absolute atomic E-state index is 0.177. The second-order valence-corrected chi connectivity index (χ2v) is 2.93. The molecule has 3 N–H and O–H groups in total. The van der Waals surface area contributed by atoms with E-state index in [-0.39, 0.29) is 11.5 Å². The molecule has 4 nitrogen and oxygen atoms in total. The van der Waals surface area contributed by atoms with Crippen molar-refractivity contribution >= 4 is 5.82 Å². The normalized spacial score (nSPS) is 10.8. The minimum atomic E-state index is -2.97. The van der Waals surface area contributed by atoms with Gasteiger partial charge < -0.3 is 11.1 Å². The number of nitrogens with one attached hydrogen (secondary N) is 1. The molecular formula is C9H10F2N4. The van der Waals surface area contributed by atoms with Crippen molar-refractivity contribution in [2.45, 2.75) is 5.92 Å². The molecular weight excluding hydrogens is 202 g/mol. The van der Waals surface area contributed by atoms with Crippen LogP contribution in [0.5, 0.6) is 0 Å². The predicted molar refractivity (Wildman–Crippen MR) is 51.4 cm³/mol. The number of rotatable bonds is 4. The van der Waals surface area contributed by atoms with Gasteiger partial charge in [0.1, 0.15) is 17.6 Å². The number of halogens is 2. The molecule has 0 unspecified atom stereocenters. The van der Waals surface area contributed by atoms with E-state index in [4.69, 9.17) is 11.0 Å². The summed E-state index contributed by atoms with van der Waals surface area (Å²) >= 11 is 0. The Labute approximate surface area is 85.7 Å². The first-order valence-electron chi connectivity index (χ1n) is 4.26. The Morgan fingerprint density at radius 1 is 1.53 bits per heavy atom. The van der Waals surface area contributed by atoms with Crippen LogP contribution in [0.15, 0.2) is 18.2 Å². The van der Waals surface area contributed by atoms with E-state index in [0.717, 1.165) is 0 Å².